The third-order valence-corrected chi connectivity index (χ3v) is 4.54. The molecule has 1 aliphatic rings. The normalized spacial score (nSPS) is 17.3. The highest BCUT2D eigenvalue weighted by Crippen LogP contribution is 2.38. The minimum Gasteiger partial charge on any atom is -0.326 e. The van der Waals surface area contributed by atoms with Crippen LogP contribution in [0.25, 0.3) is 0 Å². The standard InChI is InChI=1S/C13H16F3NS/c14-13(15,16)12-7-11(6-5-9(12)8-17)18-10-3-1-2-4-10/h5-7,10H,1-4,8,17H2. The number of nitrogens with two attached hydrogens (primary N) is 1. The van der Waals surface area contributed by atoms with E-state index in [-0.39, 0.29) is 12.1 Å². The molecule has 1 fully saturated rings. The van der Waals surface area contributed by atoms with Crippen molar-refractivity contribution >= 4 is 11.8 Å². The van der Waals surface area contributed by atoms with Gasteiger partial charge in [-0.15, -0.1) is 11.8 Å². The summed E-state index contributed by atoms with van der Waals surface area (Å²) < 4.78 is 38.6. The average Bonchev–Trinajstić information content (AvgIpc) is 2.80. The zero-order chi connectivity index (χ0) is 13.2. The lowest BCUT2D eigenvalue weighted by atomic mass is 10.1. The summed E-state index contributed by atoms with van der Waals surface area (Å²) in [5.41, 5.74) is 4.93. The highest BCUT2D eigenvalue weighted by Gasteiger charge is 2.33. The van der Waals surface area contributed by atoms with Crippen LogP contribution in [0.5, 0.6) is 0 Å². The van der Waals surface area contributed by atoms with E-state index in [1.165, 1.54) is 25.0 Å². The number of hydrogen-bond donors (Lipinski definition) is 1. The van der Waals surface area contributed by atoms with E-state index >= 15 is 0 Å². The Morgan fingerprint density at radius 1 is 1.22 bits per heavy atom. The van der Waals surface area contributed by atoms with Gasteiger partial charge in [-0.3, -0.25) is 0 Å². The Labute approximate surface area is 109 Å². The fourth-order valence-corrected chi connectivity index (χ4v) is 3.56. The van der Waals surface area contributed by atoms with Crippen molar-refractivity contribution in [1.29, 1.82) is 0 Å². The Kier molecular flexibility index (Phi) is 4.22. The van der Waals surface area contributed by atoms with E-state index in [1.54, 1.807) is 17.8 Å². The first-order chi connectivity index (χ1) is 8.50. The van der Waals surface area contributed by atoms with Gasteiger partial charge in [0, 0.05) is 16.7 Å². The van der Waals surface area contributed by atoms with Gasteiger partial charge < -0.3 is 5.73 Å². The lowest BCUT2D eigenvalue weighted by Crippen LogP contribution is -2.12. The van der Waals surface area contributed by atoms with E-state index in [0.717, 1.165) is 12.8 Å². The molecule has 0 spiro atoms. The molecule has 1 aromatic carbocycles. The number of rotatable bonds is 3. The summed E-state index contributed by atoms with van der Waals surface area (Å²) in [4.78, 5) is 0.700. The van der Waals surface area contributed by atoms with Crippen LogP contribution in [-0.4, -0.2) is 5.25 Å². The Balaban J connectivity index is 2.22. The maximum Gasteiger partial charge on any atom is 0.416 e. The van der Waals surface area contributed by atoms with E-state index in [4.69, 9.17) is 5.73 Å². The monoisotopic (exact) mass is 275 g/mol. The molecule has 0 radical (unpaired) electrons. The molecule has 2 rings (SSSR count). The van der Waals surface area contributed by atoms with E-state index in [9.17, 15) is 13.2 Å². The SMILES string of the molecule is NCc1ccc(SC2CCCC2)cc1C(F)(F)F. The molecule has 1 aromatic rings. The molecule has 1 aliphatic carbocycles. The van der Waals surface area contributed by atoms with Crippen LogP contribution in [0.3, 0.4) is 0 Å². The van der Waals surface area contributed by atoms with Crippen molar-refractivity contribution in [3.8, 4) is 0 Å². The third-order valence-electron chi connectivity index (χ3n) is 3.21. The van der Waals surface area contributed by atoms with Crippen LogP contribution in [0, 0.1) is 0 Å². The second-order valence-corrected chi connectivity index (χ2v) is 5.92. The van der Waals surface area contributed by atoms with Gasteiger partial charge in [0.1, 0.15) is 0 Å². The molecule has 1 saturated carbocycles. The number of benzene rings is 1. The molecule has 0 amide bonds. The number of halogens is 3. The number of hydrogen-bond acceptors (Lipinski definition) is 2. The van der Waals surface area contributed by atoms with Gasteiger partial charge in [-0.05, 0) is 30.5 Å². The Morgan fingerprint density at radius 2 is 1.89 bits per heavy atom. The van der Waals surface area contributed by atoms with Crippen LogP contribution in [0.15, 0.2) is 23.1 Å². The topological polar surface area (TPSA) is 26.0 Å². The van der Waals surface area contributed by atoms with Gasteiger partial charge >= 0.3 is 6.18 Å². The Bertz CT molecular complexity index is 411. The van der Waals surface area contributed by atoms with Crippen LogP contribution >= 0.6 is 11.8 Å². The maximum absolute atomic E-state index is 12.9. The molecule has 2 N–H and O–H groups in total. The zero-order valence-electron chi connectivity index (χ0n) is 9.96. The van der Waals surface area contributed by atoms with Gasteiger partial charge in [0.05, 0.1) is 5.56 Å². The first-order valence-electron chi connectivity index (χ1n) is 6.07. The van der Waals surface area contributed by atoms with Crippen LogP contribution in [0.2, 0.25) is 0 Å². The van der Waals surface area contributed by atoms with Gasteiger partial charge in [0.25, 0.3) is 0 Å². The van der Waals surface area contributed by atoms with Crippen molar-refractivity contribution in [2.24, 2.45) is 5.73 Å². The van der Waals surface area contributed by atoms with Crippen molar-refractivity contribution in [3.05, 3.63) is 29.3 Å². The molecule has 0 unspecified atom stereocenters. The lowest BCUT2D eigenvalue weighted by molar-refractivity contribution is -0.138. The molecule has 18 heavy (non-hydrogen) atoms. The van der Waals surface area contributed by atoms with E-state index in [2.05, 4.69) is 0 Å². The first kappa shape index (κ1) is 13.7. The van der Waals surface area contributed by atoms with E-state index in [1.807, 2.05) is 0 Å². The van der Waals surface area contributed by atoms with Crippen molar-refractivity contribution in [2.75, 3.05) is 0 Å². The summed E-state index contributed by atoms with van der Waals surface area (Å²) >= 11 is 1.56. The Hall–Kier alpha value is -0.680. The average molecular weight is 275 g/mol. The molecule has 5 heteroatoms. The zero-order valence-corrected chi connectivity index (χ0v) is 10.8. The van der Waals surface area contributed by atoms with Gasteiger partial charge in [-0.25, -0.2) is 0 Å². The van der Waals surface area contributed by atoms with Crippen molar-refractivity contribution in [1.82, 2.24) is 0 Å². The second-order valence-electron chi connectivity index (χ2n) is 4.55. The maximum atomic E-state index is 12.9. The quantitative estimate of drug-likeness (QED) is 0.894. The van der Waals surface area contributed by atoms with Crippen LogP contribution in [-0.2, 0) is 12.7 Å². The predicted molar refractivity (Wildman–Crippen MR) is 67.4 cm³/mol. The summed E-state index contributed by atoms with van der Waals surface area (Å²) in [6.07, 6.45) is 0.256. The van der Waals surface area contributed by atoms with Gasteiger partial charge in [-0.1, -0.05) is 18.9 Å². The molecule has 0 saturated heterocycles. The fourth-order valence-electron chi connectivity index (χ4n) is 2.27. The summed E-state index contributed by atoms with van der Waals surface area (Å²) in [5, 5.41) is 0.467. The summed E-state index contributed by atoms with van der Waals surface area (Å²) in [6, 6.07) is 4.49. The lowest BCUT2D eigenvalue weighted by Gasteiger charge is -2.15. The molecule has 1 nitrogen and oxygen atoms in total. The number of thioether (sulfide) groups is 1. The predicted octanol–water partition coefficient (Wildman–Crippen LogP) is 4.20. The third kappa shape index (κ3) is 3.20. The Morgan fingerprint density at radius 3 is 2.44 bits per heavy atom. The van der Waals surface area contributed by atoms with Crippen LogP contribution < -0.4 is 5.73 Å². The largest absolute Gasteiger partial charge is 0.416 e. The van der Waals surface area contributed by atoms with Gasteiger partial charge in [0.15, 0.2) is 0 Å². The molecular weight excluding hydrogens is 259 g/mol. The molecule has 0 aromatic heterocycles. The molecule has 100 valence electrons. The second kappa shape index (κ2) is 5.53. The van der Waals surface area contributed by atoms with Crippen molar-refractivity contribution < 1.29 is 13.2 Å². The highest BCUT2D eigenvalue weighted by atomic mass is 32.2. The molecule has 0 bridgehead atoms. The fraction of sp³-hybridized carbons (Fsp3) is 0.538. The molecule has 0 atom stereocenters. The van der Waals surface area contributed by atoms with E-state index in [0.29, 0.717) is 10.1 Å². The van der Waals surface area contributed by atoms with Crippen LogP contribution in [0.4, 0.5) is 13.2 Å². The molecular formula is C13H16F3NS. The van der Waals surface area contributed by atoms with Gasteiger partial charge in [0.2, 0.25) is 0 Å². The highest BCUT2D eigenvalue weighted by molar-refractivity contribution is 8.00. The van der Waals surface area contributed by atoms with E-state index < -0.39 is 11.7 Å². The summed E-state index contributed by atoms with van der Waals surface area (Å²) in [5.74, 6) is 0. The summed E-state index contributed by atoms with van der Waals surface area (Å²) in [6.45, 7) is -0.0801. The molecule has 0 aliphatic heterocycles. The minimum atomic E-state index is -4.32. The number of alkyl halides is 3. The molecule has 0 heterocycles. The van der Waals surface area contributed by atoms with Crippen LogP contribution in [0.1, 0.15) is 36.8 Å². The van der Waals surface area contributed by atoms with Crippen molar-refractivity contribution in [3.63, 3.8) is 0 Å². The minimum absolute atomic E-state index is 0.0801. The van der Waals surface area contributed by atoms with Crippen molar-refractivity contribution in [2.45, 2.75) is 48.5 Å². The first-order valence-corrected chi connectivity index (χ1v) is 6.95. The summed E-state index contributed by atoms with van der Waals surface area (Å²) in [7, 11) is 0. The smallest absolute Gasteiger partial charge is 0.326 e. The van der Waals surface area contributed by atoms with Gasteiger partial charge in [-0.2, -0.15) is 13.2 Å².